The molecule has 3 nitrogen and oxygen atoms in total. The Morgan fingerprint density at radius 2 is 1.40 bits per heavy atom. The van der Waals surface area contributed by atoms with Crippen molar-refractivity contribution < 1.29 is 15.0 Å². The first kappa shape index (κ1) is 18.5. The molecule has 0 aliphatic rings. The molecule has 0 radical (unpaired) electrons. The Balaban J connectivity index is 0.000000621. The van der Waals surface area contributed by atoms with Crippen molar-refractivity contribution in [1.29, 1.82) is 0 Å². The van der Waals surface area contributed by atoms with E-state index in [2.05, 4.69) is 41.5 Å². The van der Waals surface area contributed by atoms with Gasteiger partial charge in [-0.3, -0.25) is 4.79 Å². The third-order valence-electron chi connectivity index (χ3n) is 2.92. The number of aromatic hydroxyl groups is 1. The zero-order valence-corrected chi connectivity index (χ0v) is 13.7. The van der Waals surface area contributed by atoms with Crippen LogP contribution in [0, 0.1) is 0 Å². The zero-order valence-electron chi connectivity index (χ0n) is 13.7. The fourth-order valence-electron chi connectivity index (χ4n) is 1.81. The van der Waals surface area contributed by atoms with E-state index >= 15 is 0 Å². The Bertz CT molecular complexity index is 448. The molecule has 20 heavy (non-hydrogen) atoms. The maximum atomic E-state index is 9.57. The predicted octanol–water partition coefficient (Wildman–Crippen LogP) is 4.47. The van der Waals surface area contributed by atoms with Gasteiger partial charge in [0.2, 0.25) is 0 Å². The highest BCUT2D eigenvalue weighted by Gasteiger charge is 2.24. The molecular weight excluding hydrogens is 252 g/mol. The van der Waals surface area contributed by atoms with E-state index in [0.29, 0.717) is 5.75 Å². The van der Waals surface area contributed by atoms with Gasteiger partial charge in [0.05, 0.1) is 0 Å². The van der Waals surface area contributed by atoms with Crippen molar-refractivity contribution in [2.75, 3.05) is 0 Å². The first-order valence-corrected chi connectivity index (χ1v) is 6.95. The summed E-state index contributed by atoms with van der Waals surface area (Å²) in [6.45, 7) is 14.7. The van der Waals surface area contributed by atoms with Gasteiger partial charge in [0, 0.05) is 6.42 Å². The second kappa shape index (κ2) is 6.78. The standard InChI is InChI=1S/C14H22O.C3H6O2/c1-13(2,3)11-8-7-10(15)9-12(11)14(4,5)6;1-2-3(4)5/h7-9,15H,1-6H3;2H2,1H3,(H,4,5). The second-order valence-electron chi connectivity index (χ2n) is 6.98. The van der Waals surface area contributed by atoms with Gasteiger partial charge in [0.1, 0.15) is 5.75 Å². The van der Waals surface area contributed by atoms with Gasteiger partial charge in [-0.1, -0.05) is 54.5 Å². The van der Waals surface area contributed by atoms with Crippen LogP contribution in [-0.2, 0) is 15.6 Å². The van der Waals surface area contributed by atoms with Gasteiger partial charge in [-0.15, -0.1) is 0 Å². The summed E-state index contributed by atoms with van der Waals surface area (Å²) < 4.78 is 0. The van der Waals surface area contributed by atoms with Gasteiger partial charge in [0.25, 0.3) is 0 Å². The number of hydrogen-bond donors (Lipinski definition) is 2. The van der Waals surface area contributed by atoms with E-state index < -0.39 is 5.97 Å². The molecule has 0 aromatic heterocycles. The van der Waals surface area contributed by atoms with Crippen LogP contribution in [0.15, 0.2) is 18.2 Å². The molecule has 0 saturated carbocycles. The van der Waals surface area contributed by atoms with Crippen molar-refractivity contribution in [2.24, 2.45) is 0 Å². The Kier molecular flexibility index (Phi) is 6.27. The van der Waals surface area contributed by atoms with E-state index in [1.807, 2.05) is 12.1 Å². The average molecular weight is 280 g/mol. The summed E-state index contributed by atoms with van der Waals surface area (Å²) >= 11 is 0. The van der Waals surface area contributed by atoms with Crippen molar-refractivity contribution in [3.63, 3.8) is 0 Å². The fourth-order valence-corrected chi connectivity index (χ4v) is 1.81. The van der Waals surface area contributed by atoms with Crippen molar-refractivity contribution >= 4 is 5.97 Å². The van der Waals surface area contributed by atoms with E-state index in [9.17, 15) is 9.90 Å². The van der Waals surface area contributed by atoms with Crippen LogP contribution < -0.4 is 0 Å². The summed E-state index contributed by atoms with van der Waals surface area (Å²) in [5.41, 5.74) is 2.74. The summed E-state index contributed by atoms with van der Waals surface area (Å²) in [7, 11) is 0. The molecule has 0 fully saturated rings. The monoisotopic (exact) mass is 280 g/mol. The number of benzene rings is 1. The van der Waals surface area contributed by atoms with Crippen molar-refractivity contribution in [2.45, 2.75) is 65.7 Å². The SMILES string of the molecule is CC(C)(C)c1ccc(O)cc1C(C)(C)C.CCC(=O)O. The maximum absolute atomic E-state index is 9.57. The number of carboxylic acids is 1. The normalized spacial score (nSPS) is 11.6. The molecule has 0 saturated heterocycles. The Morgan fingerprint density at radius 1 is 1.00 bits per heavy atom. The molecule has 114 valence electrons. The summed E-state index contributed by atoms with van der Waals surface area (Å²) in [4.78, 5) is 9.37. The lowest BCUT2D eigenvalue weighted by atomic mass is 9.75. The molecule has 0 unspecified atom stereocenters. The molecule has 2 N–H and O–H groups in total. The van der Waals surface area contributed by atoms with Gasteiger partial charge in [-0.2, -0.15) is 0 Å². The number of carbonyl (C=O) groups is 1. The molecule has 0 bridgehead atoms. The number of aliphatic carboxylic acids is 1. The molecule has 0 amide bonds. The highest BCUT2D eigenvalue weighted by atomic mass is 16.4. The third-order valence-corrected chi connectivity index (χ3v) is 2.92. The molecule has 3 heteroatoms. The number of carboxylic acid groups (broad SMARTS) is 1. The highest BCUT2D eigenvalue weighted by molar-refractivity contribution is 5.66. The lowest BCUT2D eigenvalue weighted by Crippen LogP contribution is -2.21. The number of phenols is 1. The smallest absolute Gasteiger partial charge is 0.303 e. The Hall–Kier alpha value is -1.51. The molecule has 0 atom stereocenters. The lowest BCUT2D eigenvalue weighted by molar-refractivity contribution is -0.136. The first-order chi connectivity index (χ1) is 8.89. The second-order valence-corrected chi connectivity index (χ2v) is 6.98. The molecule has 0 spiro atoms. The number of phenolic OH excluding ortho intramolecular Hbond substituents is 1. The van der Waals surface area contributed by atoms with Gasteiger partial charge in [0.15, 0.2) is 0 Å². The third kappa shape index (κ3) is 6.09. The van der Waals surface area contributed by atoms with Crippen LogP contribution in [0.4, 0.5) is 0 Å². The Labute approximate surface area is 122 Å². The summed E-state index contributed by atoms with van der Waals surface area (Å²) in [6.07, 6.45) is 0.222. The van der Waals surface area contributed by atoms with E-state index in [4.69, 9.17) is 5.11 Å². The summed E-state index contributed by atoms with van der Waals surface area (Å²) in [5.74, 6) is -0.391. The van der Waals surface area contributed by atoms with Crippen molar-refractivity contribution in [1.82, 2.24) is 0 Å². The lowest BCUT2D eigenvalue weighted by Gasteiger charge is -2.30. The zero-order chi connectivity index (χ0) is 16.1. The van der Waals surface area contributed by atoms with Gasteiger partial charge in [-0.05, 0) is 34.1 Å². The van der Waals surface area contributed by atoms with E-state index in [-0.39, 0.29) is 17.3 Å². The average Bonchev–Trinajstić information content (AvgIpc) is 2.26. The maximum Gasteiger partial charge on any atom is 0.303 e. The molecule has 0 aliphatic heterocycles. The van der Waals surface area contributed by atoms with E-state index in [1.54, 1.807) is 13.0 Å². The summed E-state index contributed by atoms with van der Waals surface area (Å²) in [5, 5.41) is 17.3. The highest BCUT2D eigenvalue weighted by Crippen LogP contribution is 2.35. The van der Waals surface area contributed by atoms with Gasteiger partial charge >= 0.3 is 5.97 Å². The van der Waals surface area contributed by atoms with Crippen molar-refractivity contribution in [3.05, 3.63) is 29.3 Å². The molecule has 1 rings (SSSR count). The Morgan fingerprint density at radius 3 is 1.70 bits per heavy atom. The molecule has 0 aliphatic carbocycles. The molecule has 0 heterocycles. The molecule has 1 aromatic rings. The minimum Gasteiger partial charge on any atom is -0.508 e. The quantitative estimate of drug-likeness (QED) is 0.798. The van der Waals surface area contributed by atoms with Crippen LogP contribution in [0.2, 0.25) is 0 Å². The van der Waals surface area contributed by atoms with Crippen LogP contribution in [-0.4, -0.2) is 16.2 Å². The first-order valence-electron chi connectivity index (χ1n) is 6.95. The molecular formula is C17H28O3. The fraction of sp³-hybridized carbons (Fsp3) is 0.588. The van der Waals surface area contributed by atoms with Gasteiger partial charge < -0.3 is 10.2 Å². The van der Waals surface area contributed by atoms with E-state index in [0.717, 1.165) is 0 Å². The minimum atomic E-state index is -0.745. The predicted molar refractivity (Wildman–Crippen MR) is 83.4 cm³/mol. The van der Waals surface area contributed by atoms with Crippen LogP contribution in [0.1, 0.15) is 66.0 Å². The topological polar surface area (TPSA) is 57.5 Å². The number of rotatable bonds is 1. The van der Waals surface area contributed by atoms with Crippen LogP contribution >= 0.6 is 0 Å². The number of hydrogen-bond acceptors (Lipinski definition) is 2. The van der Waals surface area contributed by atoms with Crippen LogP contribution in [0.3, 0.4) is 0 Å². The minimum absolute atomic E-state index is 0.0708. The van der Waals surface area contributed by atoms with Crippen LogP contribution in [0.5, 0.6) is 5.75 Å². The summed E-state index contributed by atoms with van der Waals surface area (Å²) in [6, 6.07) is 5.70. The van der Waals surface area contributed by atoms with Gasteiger partial charge in [-0.25, -0.2) is 0 Å². The van der Waals surface area contributed by atoms with Crippen LogP contribution in [0.25, 0.3) is 0 Å². The molecule has 1 aromatic carbocycles. The largest absolute Gasteiger partial charge is 0.508 e. The van der Waals surface area contributed by atoms with E-state index in [1.165, 1.54) is 11.1 Å². The van der Waals surface area contributed by atoms with Crippen molar-refractivity contribution in [3.8, 4) is 5.75 Å².